The number of hydrogen-bond acceptors (Lipinski definition) is 4. The van der Waals surface area contributed by atoms with E-state index >= 15 is 0 Å². The summed E-state index contributed by atoms with van der Waals surface area (Å²) < 4.78 is 44.5. The van der Waals surface area contributed by atoms with Crippen molar-refractivity contribution in [3.8, 4) is 5.75 Å². The van der Waals surface area contributed by atoms with Gasteiger partial charge in [0.2, 0.25) is 10.0 Å². The number of sulfonamides is 1. The van der Waals surface area contributed by atoms with Crippen LogP contribution in [0.3, 0.4) is 0 Å². The lowest BCUT2D eigenvalue weighted by molar-refractivity contribution is 0.155. The second kappa shape index (κ2) is 7.29. The normalized spacial score (nSPS) is 13.1. The van der Waals surface area contributed by atoms with Crippen LogP contribution in [0.25, 0.3) is 0 Å². The lowest BCUT2D eigenvalue weighted by Gasteiger charge is -2.21. The maximum absolute atomic E-state index is 13.3. The first kappa shape index (κ1) is 18.4. The molecule has 0 aliphatic rings. The van der Waals surface area contributed by atoms with Gasteiger partial charge in [0.15, 0.2) is 0 Å². The Morgan fingerprint density at radius 3 is 2.38 bits per heavy atom. The Morgan fingerprint density at radius 2 is 1.83 bits per heavy atom. The molecule has 0 aromatic heterocycles. The van der Waals surface area contributed by atoms with E-state index in [1.165, 1.54) is 33.2 Å². The third kappa shape index (κ3) is 3.92. The largest absolute Gasteiger partial charge is 0.497 e. The molecule has 2 aromatic rings. The third-order valence-electron chi connectivity index (χ3n) is 3.77. The standard InChI is InChI=1S/C17H20FNO4S/c1-12-10-15(8-9-16(12)18)24(21,22)19(2)11-17(20)13-4-6-14(23-3)7-5-13/h4-10,17,20H,11H2,1-3H3. The SMILES string of the molecule is COc1ccc(C(O)CN(C)S(=O)(=O)c2ccc(F)c(C)c2)cc1. The number of ether oxygens (including phenoxy) is 1. The second-order valence-electron chi connectivity index (χ2n) is 5.49. The number of aliphatic hydroxyl groups is 1. The molecule has 0 amide bonds. The minimum absolute atomic E-state index is 0.00849. The van der Waals surface area contributed by atoms with Gasteiger partial charge in [0, 0.05) is 13.6 Å². The summed E-state index contributed by atoms with van der Waals surface area (Å²) in [6.45, 7) is 1.38. The van der Waals surface area contributed by atoms with Gasteiger partial charge in [-0.1, -0.05) is 12.1 Å². The number of nitrogens with zero attached hydrogens (tertiary/aromatic N) is 1. The van der Waals surface area contributed by atoms with Gasteiger partial charge in [-0.2, -0.15) is 4.31 Å². The Bertz CT molecular complexity index is 806. The van der Waals surface area contributed by atoms with Gasteiger partial charge in [-0.3, -0.25) is 0 Å². The first-order valence-corrected chi connectivity index (χ1v) is 8.74. The molecular formula is C17H20FNO4S. The summed E-state index contributed by atoms with van der Waals surface area (Å²) in [5.74, 6) is 0.184. The third-order valence-corrected chi connectivity index (χ3v) is 5.59. The molecule has 24 heavy (non-hydrogen) atoms. The molecule has 0 saturated carbocycles. The quantitative estimate of drug-likeness (QED) is 0.866. The van der Waals surface area contributed by atoms with E-state index in [0.29, 0.717) is 11.3 Å². The average molecular weight is 353 g/mol. The molecule has 0 heterocycles. The van der Waals surface area contributed by atoms with Crippen molar-refractivity contribution in [3.05, 3.63) is 59.4 Å². The maximum Gasteiger partial charge on any atom is 0.242 e. The monoisotopic (exact) mass is 353 g/mol. The van der Waals surface area contributed by atoms with E-state index in [2.05, 4.69) is 0 Å². The van der Waals surface area contributed by atoms with Crippen LogP contribution in [-0.2, 0) is 10.0 Å². The Balaban J connectivity index is 2.17. The highest BCUT2D eigenvalue weighted by Crippen LogP contribution is 2.22. The molecule has 0 aliphatic heterocycles. The van der Waals surface area contributed by atoms with Crippen molar-refractivity contribution in [2.45, 2.75) is 17.9 Å². The Morgan fingerprint density at radius 1 is 1.21 bits per heavy atom. The van der Waals surface area contributed by atoms with Crippen molar-refractivity contribution in [2.24, 2.45) is 0 Å². The molecule has 1 N–H and O–H groups in total. The number of rotatable bonds is 6. The predicted octanol–water partition coefficient (Wildman–Crippen LogP) is 2.50. The number of methoxy groups -OCH3 is 1. The Hall–Kier alpha value is -1.96. The van der Waals surface area contributed by atoms with Gasteiger partial charge in [-0.15, -0.1) is 0 Å². The van der Waals surface area contributed by atoms with Gasteiger partial charge in [0.05, 0.1) is 18.1 Å². The zero-order valence-electron chi connectivity index (χ0n) is 13.7. The van der Waals surface area contributed by atoms with Crippen LogP contribution < -0.4 is 4.74 Å². The van der Waals surface area contributed by atoms with E-state index < -0.39 is 21.9 Å². The molecule has 0 fully saturated rings. The van der Waals surface area contributed by atoms with Gasteiger partial charge < -0.3 is 9.84 Å². The number of benzene rings is 2. The lowest BCUT2D eigenvalue weighted by Crippen LogP contribution is -2.31. The van der Waals surface area contributed by atoms with Crippen LogP contribution in [0.1, 0.15) is 17.2 Å². The molecule has 5 nitrogen and oxygen atoms in total. The minimum Gasteiger partial charge on any atom is -0.497 e. The van der Waals surface area contributed by atoms with Gasteiger partial charge in [0.25, 0.3) is 0 Å². The second-order valence-corrected chi connectivity index (χ2v) is 7.53. The van der Waals surface area contributed by atoms with Crippen LogP contribution in [0.15, 0.2) is 47.4 Å². The van der Waals surface area contributed by atoms with Crippen LogP contribution in [0.5, 0.6) is 5.75 Å². The fraction of sp³-hybridized carbons (Fsp3) is 0.294. The summed E-state index contributed by atoms with van der Waals surface area (Å²) in [7, 11) is -0.898. The topological polar surface area (TPSA) is 66.8 Å². The van der Waals surface area contributed by atoms with Gasteiger partial charge in [-0.25, -0.2) is 12.8 Å². The molecule has 1 unspecified atom stereocenters. The maximum atomic E-state index is 13.3. The van der Waals surface area contributed by atoms with E-state index in [9.17, 15) is 17.9 Å². The smallest absolute Gasteiger partial charge is 0.242 e. The molecule has 0 saturated heterocycles. The zero-order chi connectivity index (χ0) is 17.9. The van der Waals surface area contributed by atoms with Crippen LogP contribution in [0.4, 0.5) is 4.39 Å². The molecule has 0 radical (unpaired) electrons. The van der Waals surface area contributed by atoms with Gasteiger partial charge in [0.1, 0.15) is 11.6 Å². The summed E-state index contributed by atoms with van der Waals surface area (Å²) in [4.78, 5) is -0.00849. The zero-order valence-corrected chi connectivity index (χ0v) is 14.5. The number of likely N-dealkylation sites (N-methyl/N-ethyl adjacent to an activating group) is 1. The summed E-state index contributed by atoms with van der Waals surface area (Å²) in [5.41, 5.74) is 0.827. The molecule has 0 bridgehead atoms. The van der Waals surface area contributed by atoms with Crippen LogP contribution in [-0.4, -0.2) is 38.5 Å². The van der Waals surface area contributed by atoms with Crippen molar-refractivity contribution < 1.29 is 22.7 Å². The van der Waals surface area contributed by atoms with E-state index in [1.54, 1.807) is 24.3 Å². The average Bonchev–Trinajstić information content (AvgIpc) is 2.57. The highest BCUT2D eigenvalue weighted by molar-refractivity contribution is 7.89. The highest BCUT2D eigenvalue weighted by Gasteiger charge is 2.24. The van der Waals surface area contributed by atoms with Crippen LogP contribution in [0, 0.1) is 12.7 Å². The van der Waals surface area contributed by atoms with Crippen molar-refractivity contribution in [1.29, 1.82) is 0 Å². The van der Waals surface area contributed by atoms with Crippen molar-refractivity contribution in [2.75, 3.05) is 20.7 Å². The number of halogens is 1. The van der Waals surface area contributed by atoms with E-state index in [1.807, 2.05) is 0 Å². The van der Waals surface area contributed by atoms with Gasteiger partial charge >= 0.3 is 0 Å². The summed E-state index contributed by atoms with van der Waals surface area (Å²) >= 11 is 0. The molecule has 0 aliphatic carbocycles. The van der Waals surface area contributed by atoms with Crippen molar-refractivity contribution in [1.82, 2.24) is 4.31 Å². The fourth-order valence-electron chi connectivity index (χ4n) is 2.23. The summed E-state index contributed by atoms with van der Waals surface area (Å²) in [6, 6.07) is 10.3. The Labute approximate surface area is 141 Å². The first-order valence-electron chi connectivity index (χ1n) is 7.30. The predicted molar refractivity (Wildman–Crippen MR) is 88.9 cm³/mol. The Kier molecular flexibility index (Phi) is 5.58. The molecule has 2 aromatic carbocycles. The molecule has 1 atom stereocenters. The fourth-order valence-corrected chi connectivity index (χ4v) is 3.49. The molecule has 7 heteroatoms. The lowest BCUT2D eigenvalue weighted by atomic mass is 10.1. The summed E-state index contributed by atoms with van der Waals surface area (Å²) in [5, 5.41) is 10.3. The van der Waals surface area contributed by atoms with Gasteiger partial charge in [-0.05, 0) is 48.4 Å². The number of hydrogen-bond donors (Lipinski definition) is 1. The number of aliphatic hydroxyl groups excluding tert-OH is 1. The molecule has 2 rings (SSSR count). The first-order chi connectivity index (χ1) is 11.3. The van der Waals surface area contributed by atoms with E-state index in [-0.39, 0.29) is 17.0 Å². The minimum atomic E-state index is -3.81. The van der Waals surface area contributed by atoms with Crippen LogP contribution in [0.2, 0.25) is 0 Å². The molecule has 130 valence electrons. The van der Waals surface area contributed by atoms with E-state index in [0.717, 1.165) is 10.4 Å². The number of aryl methyl sites for hydroxylation is 1. The van der Waals surface area contributed by atoms with E-state index in [4.69, 9.17) is 4.74 Å². The highest BCUT2D eigenvalue weighted by atomic mass is 32.2. The van der Waals surface area contributed by atoms with Crippen molar-refractivity contribution >= 4 is 10.0 Å². The molecule has 0 spiro atoms. The molecular weight excluding hydrogens is 333 g/mol. The van der Waals surface area contributed by atoms with Crippen LogP contribution >= 0.6 is 0 Å². The summed E-state index contributed by atoms with van der Waals surface area (Å²) in [6.07, 6.45) is -0.989. The van der Waals surface area contributed by atoms with Crippen molar-refractivity contribution in [3.63, 3.8) is 0 Å².